The minimum atomic E-state index is -1.22. The monoisotopic (exact) mass is 290 g/mol. The van der Waals surface area contributed by atoms with Crippen molar-refractivity contribution in [2.45, 2.75) is 32.2 Å². The van der Waals surface area contributed by atoms with Crippen molar-refractivity contribution in [2.24, 2.45) is 0 Å². The normalized spacial score (nSPS) is 21.5. The summed E-state index contributed by atoms with van der Waals surface area (Å²) < 4.78 is 0. The highest BCUT2D eigenvalue weighted by Crippen LogP contribution is 2.32. The molecule has 1 saturated heterocycles. The van der Waals surface area contributed by atoms with Gasteiger partial charge in [0, 0.05) is 0 Å². The van der Waals surface area contributed by atoms with Crippen LogP contribution in [0.25, 0.3) is 0 Å². The molecule has 1 aromatic carbocycles. The number of rotatable bonds is 5. The van der Waals surface area contributed by atoms with Crippen molar-refractivity contribution in [3.63, 3.8) is 0 Å². The van der Waals surface area contributed by atoms with Crippen LogP contribution in [-0.2, 0) is 21.5 Å². The van der Waals surface area contributed by atoms with Crippen LogP contribution in [0, 0.1) is 0 Å². The number of carboxylic acid groups (broad SMARTS) is 1. The second kappa shape index (κ2) is 5.55. The Morgan fingerprint density at radius 2 is 1.86 bits per heavy atom. The van der Waals surface area contributed by atoms with Crippen molar-refractivity contribution in [2.75, 3.05) is 6.54 Å². The van der Waals surface area contributed by atoms with Crippen molar-refractivity contribution in [1.82, 2.24) is 10.2 Å². The molecule has 0 radical (unpaired) electrons. The van der Waals surface area contributed by atoms with Gasteiger partial charge < -0.3 is 10.4 Å². The molecule has 6 nitrogen and oxygen atoms in total. The van der Waals surface area contributed by atoms with Gasteiger partial charge in [-0.15, -0.1) is 0 Å². The number of carboxylic acids is 1. The smallest absolute Gasteiger partial charge is 0.325 e. The summed E-state index contributed by atoms with van der Waals surface area (Å²) in [6.07, 6.45) is 1.24. The molecular formula is C15H18N2O4. The maximum Gasteiger partial charge on any atom is 0.325 e. The Kier molecular flexibility index (Phi) is 3.97. The van der Waals surface area contributed by atoms with Crippen molar-refractivity contribution in [1.29, 1.82) is 0 Å². The third-order valence-corrected chi connectivity index (χ3v) is 3.85. The van der Waals surface area contributed by atoms with E-state index in [2.05, 4.69) is 5.32 Å². The van der Waals surface area contributed by atoms with Gasteiger partial charge in [-0.2, -0.15) is 0 Å². The van der Waals surface area contributed by atoms with Crippen LogP contribution in [0.15, 0.2) is 24.3 Å². The van der Waals surface area contributed by atoms with E-state index in [9.17, 15) is 14.4 Å². The zero-order chi connectivity index (χ0) is 15.6. The molecule has 0 spiro atoms. The molecule has 0 saturated carbocycles. The summed E-state index contributed by atoms with van der Waals surface area (Å²) in [5, 5.41) is 11.5. The molecule has 21 heavy (non-hydrogen) atoms. The third kappa shape index (κ3) is 2.49. The van der Waals surface area contributed by atoms with Crippen molar-refractivity contribution >= 4 is 17.9 Å². The number of aliphatic carboxylic acids is 1. The van der Waals surface area contributed by atoms with Crippen LogP contribution in [0.4, 0.5) is 4.79 Å². The van der Waals surface area contributed by atoms with E-state index in [0.717, 1.165) is 16.9 Å². The molecule has 1 aromatic rings. The summed E-state index contributed by atoms with van der Waals surface area (Å²) in [5.41, 5.74) is 0.635. The molecule has 1 aliphatic heterocycles. The fourth-order valence-electron chi connectivity index (χ4n) is 2.57. The molecule has 3 amide bonds. The summed E-state index contributed by atoms with van der Waals surface area (Å²) in [6, 6.07) is 6.77. The molecule has 6 heteroatoms. The second-order valence-corrected chi connectivity index (χ2v) is 5.02. The van der Waals surface area contributed by atoms with Gasteiger partial charge in [0.2, 0.25) is 0 Å². The average molecular weight is 290 g/mol. The lowest BCUT2D eigenvalue weighted by molar-refractivity contribution is -0.143. The second-order valence-electron chi connectivity index (χ2n) is 5.02. The molecule has 2 rings (SSSR count). The number of carbonyl (C=O) groups is 3. The lowest BCUT2D eigenvalue weighted by atomic mass is 9.86. The molecule has 0 aliphatic carbocycles. The van der Waals surface area contributed by atoms with Gasteiger partial charge in [0.1, 0.15) is 12.1 Å². The first-order valence-corrected chi connectivity index (χ1v) is 6.90. The van der Waals surface area contributed by atoms with Gasteiger partial charge in [0.15, 0.2) is 0 Å². The highest BCUT2D eigenvalue weighted by molar-refractivity contribution is 6.08. The fourth-order valence-corrected chi connectivity index (χ4v) is 2.57. The quantitative estimate of drug-likeness (QED) is 0.804. The first kappa shape index (κ1) is 15.0. The molecular weight excluding hydrogens is 272 g/mol. The van der Waals surface area contributed by atoms with E-state index in [1.165, 1.54) is 0 Å². The Hall–Kier alpha value is -2.37. The van der Waals surface area contributed by atoms with Gasteiger partial charge in [-0.1, -0.05) is 38.1 Å². The van der Waals surface area contributed by atoms with E-state index < -0.39 is 30.0 Å². The zero-order valence-electron chi connectivity index (χ0n) is 12.0. The molecule has 1 heterocycles. The molecule has 1 atom stereocenters. The SMILES string of the molecule is CCc1ccc([C@]2(CC)NC(=O)N(CC(=O)O)C2=O)cc1. The summed E-state index contributed by atoms with van der Waals surface area (Å²) in [5.74, 6) is -1.73. The molecule has 2 N–H and O–H groups in total. The lowest BCUT2D eigenvalue weighted by Gasteiger charge is -2.25. The van der Waals surface area contributed by atoms with Gasteiger partial charge >= 0.3 is 12.0 Å². The zero-order valence-corrected chi connectivity index (χ0v) is 12.0. The average Bonchev–Trinajstić information content (AvgIpc) is 2.72. The van der Waals surface area contributed by atoms with E-state index >= 15 is 0 Å². The number of imide groups is 1. The predicted molar refractivity (Wildman–Crippen MR) is 75.7 cm³/mol. The first-order chi connectivity index (χ1) is 9.94. The van der Waals surface area contributed by atoms with Crippen molar-refractivity contribution in [3.8, 4) is 0 Å². The van der Waals surface area contributed by atoms with Crippen LogP contribution in [0.2, 0.25) is 0 Å². The van der Waals surface area contributed by atoms with Crippen molar-refractivity contribution in [3.05, 3.63) is 35.4 Å². The molecule has 0 aromatic heterocycles. The van der Waals surface area contributed by atoms with Crippen LogP contribution < -0.4 is 5.32 Å². The van der Waals surface area contributed by atoms with Crippen LogP contribution in [0.3, 0.4) is 0 Å². The maximum atomic E-state index is 12.5. The summed E-state index contributed by atoms with van der Waals surface area (Å²) in [7, 11) is 0. The van der Waals surface area contributed by atoms with Crippen LogP contribution in [-0.4, -0.2) is 34.5 Å². The number of benzene rings is 1. The number of nitrogens with one attached hydrogen (secondary N) is 1. The molecule has 1 fully saturated rings. The molecule has 112 valence electrons. The first-order valence-electron chi connectivity index (χ1n) is 6.90. The van der Waals surface area contributed by atoms with Crippen LogP contribution in [0.5, 0.6) is 0 Å². The maximum absolute atomic E-state index is 12.5. The molecule has 0 unspecified atom stereocenters. The Morgan fingerprint density at radius 3 is 2.33 bits per heavy atom. The van der Waals surface area contributed by atoms with Gasteiger partial charge in [-0.25, -0.2) is 4.79 Å². The minimum absolute atomic E-state index is 0.360. The highest BCUT2D eigenvalue weighted by Gasteiger charge is 2.51. The number of carbonyl (C=O) groups excluding carboxylic acids is 2. The largest absolute Gasteiger partial charge is 0.480 e. The molecule has 1 aliphatic rings. The number of urea groups is 1. The summed E-state index contributed by atoms with van der Waals surface area (Å²) >= 11 is 0. The summed E-state index contributed by atoms with van der Waals surface area (Å²) in [4.78, 5) is 36.0. The molecule has 0 bridgehead atoms. The van der Waals surface area contributed by atoms with E-state index in [0.29, 0.717) is 12.0 Å². The predicted octanol–water partition coefficient (Wildman–Crippen LogP) is 1.49. The number of hydrogen-bond acceptors (Lipinski definition) is 3. The number of nitrogens with zero attached hydrogens (tertiary/aromatic N) is 1. The van der Waals surface area contributed by atoms with Gasteiger partial charge in [0.05, 0.1) is 0 Å². The lowest BCUT2D eigenvalue weighted by Crippen LogP contribution is -2.43. The van der Waals surface area contributed by atoms with Crippen molar-refractivity contribution < 1.29 is 19.5 Å². The van der Waals surface area contributed by atoms with Gasteiger partial charge in [-0.3, -0.25) is 14.5 Å². The van der Waals surface area contributed by atoms with E-state index in [4.69, 9.17) is 5.11 Å². The highest BCUT2D eigenvalue weighted by atomic mass is 16.4. The van der Waals surface area contributed by atoms with Gasteiger partial charge in [0.25, 0.3) is 5.91 Å². The standard InChI is InChI=1S/C15H18N2O4/c1-3-10-5-7-11(8-6-10)15(4-2)13(20)17(9-12(18)19)14(21)16-15/h5-8H,3-4,9H2,1-2H3,(H,16,21)(H,18,19)/t15-/m0/s1. The van der Waals surface area contributed by atoms with E-state index in [1.54, 1.807) is 6.92 Å². The Balaban J connectivity index is 2.39. The van der Waals surface area contributed by atoms with Crippen LogP contribution in [0.1, 0.15) is 31.4 Å². The Labute approximate surface area is 122 Å². The minimum Gasteiger partial charge on any atom is -0.480 e. The third-order valence-electron chi connectivity index (χ3n) is 3.85. The number of aryl methyl sites for hydroxylation is 1. The van der Waals surface area contributed by atoms with Crippen LogP contribution >= 0.6 is 0 Å². The topological polar surface area (TPSA) is 86.7 Å². The summed E-state index contributed by atoms with van der Waals surface area (Å²) in [6.45, 7) is 3.19. The van der Waals surface area contributed by atoms with E-state index in [1.807, 2.05) is 31.2 Å². The number of amides is 3. The Bertz CT molecular complexity index is 582. The Morgan fingerprint density at radius 1 is 1.24 bits per heavy atom. The van der Waals surface area contributed by atoms with Gasteiger partial charge in [-0.05, 0) is 24.0 Å². The number of hydrogen-bond donors (Lipinski definition) is 2. The van der Waals surface area contributed by atoms with E-state index in [-0.39, 0.29) is 0 Å². The fraction of sp³-hybridized carbons (Fsp3) is 0.400.